The van der Waals surface area contributed by atoms with Gasteiger partial charge in [0.1, 0.15) is 0 Å². The van der Waals surface area contributed by atoms with Gasteiger partial charge in [0.25, 0.3) is 0 Å². The molecular formula is C18H15NO. The van der Waals surface area contributed by atoms with Crippen LogP contribution in [0, 0.1) is 25.2 Å². The topological polar surface area (TPSA) is 40.9 Å². The van der Waals surface area contributed by atoms with Crippen LogP contribution in [0.2, 0.25) is 0 Å². The zero-order valence-electron chi connectivity index (χ0n) is 11.6. The second-order valence-electron chi connectivity index (χ2n) is 4.75. The van der Waals surface area contributed by atoms with Crippen molar-refractivity contribution in [1.82, 2.24) is 0 Å². The van der Waals surface area contributed by atoms with E-state index < -0.39 is 0 Å². The minimum absolute atomic E-state index is 0.00411. The van der Waals surface area contributed by atoms with Crippen LogP contribution in [0.3, 0.4) is 0 Å². The summed E-state index contributed by atoms with van der Waals surface area (Å²) >= 11 is 0. The van der Waals surface area contributed by atoms with Gasteiger partial charge in [-0.15, -0.1) is 0 Å². The molecule has 98 valence electrons. The predicted molar refractivity (Wildman–Crippen MR) is 80.4 cm³/mol. The van der Waals surface area contributed by atoms with Gasteiger partial charge in [0.15, 0.2) is 5.78 Å². The highest BCUT2D eigenvalue weighted by Gasteiger charge is 2.05. The van der Waals surface area contributed by atoms with Crippen LogP contribution in [0.15, 0.2) is 48.5 Å². The molecule has 0 N–H and O–H groups in total. The van der Waals surface area contributed by atoms with E-state index in [9.17, 15) is 4.79 Å². The van der Waals surface area contributed by atoms with Gasteiger partial charge in [-0.1, -0.05) is 35.9 Å². The molecule has 0 spiro atoms. The first-order valence-corrected chi connectivity index (χ1v) is 6.40. The number of carbonyl (C=O) groups excluding carboxylic acids is 1. The zero-order chi connectivity index (χ0) is 14.5. The highest BCUT2D eigenvalue weighted by Crippen LogP contribution is 2.13. The molecule has 2 aromatic rings. The number of nitrogens with zero attached hydrogens (tertiary/aromatic N) is 1. The van der Waals surface area contributed by atoms with E-state index in [0.717, 1.165) is 22.3 Å². The molecule has 0 radical (unpaired) electrons. The molecule has 2 rings (SSSR count). The van der Waals surface area contributed by atoms with Crippen LogP contribution in [0.1, 0.15) is 32.6 Å². The first-order chi connectivity index (χ1) is 9.60. The number of rotatable bonds is 3. The Morgan fingerprint density at radius 3 is 2.45 bits per heavy atom. The molecule has 0 bridgehead atoms. The minimum Gasteiger partial charge on any atom is -0.289 e. The Kier molecular flexibility index (Phi) is 4.12. The number of hydrogen-bond acceptors (Lipinski definition) is 2. The fourth-order valence-electron chi connectivity index (χ4n) is 1.93. The highest BCUT2D eigenvalue weighted by atomic mass is 16.1. The lowest BCUT2D eigenvalue weighted by molar-refractivity contribution is 0.104. The SMILES string of the molecule is Cc1ccc(C)c(C(=O)/C=C/c2ccc(C#N)cc2)c1. The smallest absolute Gasteiger partial charge is 0.186 e. The van der Waals surface area contributed by atoms with Crippen LogP contribution in [0.5, 0.6) is 0 Å². The van der Waals surface area contributed by atoms with Crippen molar-refractivity contribution in [2.24, 2.45) is 0 Å². The molecule has 0 fully saturated rings. The van der Waals surface area contributed by atoms with Crippen molar-refractivity contribution in [2.45, 2.75) is 13.8 Å². The normalized spacial score (nSPS) is 10.4. The molecule has 0 saturated carbocycles. The molecule has 2 aromatic carbocycles. The summed E-state index contributed by atoms with van der Waals surface area (Å²) in [5, 5.41) is 8.73. The van der Waals surface area contributed by atoms with Crippen molar-refractivity contribution in [3.8, 4) is 6.07 Å². The summed E-state index contributed by atoms with van der Waals surface area (Å²) in [6, 6.07) is 15.1. The van der Waals surface area contributed by atoms with E-state index in [1.807, 2.05) is 44.2 Å². The van der Waals surface area contributed by atoms with Crippen molar-refractivity contribution in [3.05, 3.63) is 76.4 Å². The van der Waals surface area contributed by atoms with Crippen molar-refractivity contribution in [3.63, 3.8) is 0 Å². The van der Waals surface area contributed by atoms with Crippen LogP contribution >= 0.6 is 0 Å². The number of hydrogen-bond donors (Lipinski definition) is 0. The fraction of sp³-hybridized carbons (Fsp3) is 0.111. The average molecular weight is 261 g/mol. The molecule has 0 amide bonds. The fourth-order valence-corrected chi connectivity index (χ4v) is 1.93. The van der Waals surface area contributed by atoms with Gasteiger partial charge in [-0.05, 0) is 49.2 Å². The minimum atomic E-state index is -0.00411. The van der Waals surface area contributed by atoms with Crippen LogP contribution in [0.4, 0.5) is 0 Å². The maximum absolute atomic E-state index is 12.2. The maximum Gasteiger partial charge on any atom is 0.186 e. The maximum atomic E-state index is 12.2. The van der Waals surface area contributed by atoms with Gasteiger partial charge in [0, 0.05) is 5.56 Å². The van der Waals surface area contributed by atoms with Crippen molar-refractivity contribution < 1.29 is 4.79 Å². The number of allylic oxidation sites excluding steroid dienone is 1. The number of aryl methyl sites for hydroxylation is 2. The lowest BCUT2D eigenvalue weighted by atomic mass is 10.0. The first kappa shape index (κ1) is 13.8. The van der Waals surface area contributed by atoms with Crippen molar-refractivity contribution >= 4 is 11.9 Å². The van der Waals surface area contributed by atoms with Crippen LogP contribution < -0.4 is 0 Å². The third-order valence-corrected chi connectivity index (χ3v) is 3.13. The number of benzene rings is 2. The molecule has 0 heterocycles. The Morgan fingerprint density at radius 2 is 1.80 bits per heavy atom. The van der Waals surface area contributed by atoms with E-state index in [2.05, 4.69) is 6.07 Å². The highest BCUT2D eigenvalue weighted by molar-refractivity contribution is 6.07. The van der Waals surface area contributed by atoms with Crippen LogP contribution in [-0.4, -0.2) is 5.78 Å². The second kappa shape index (κ2) is 5.99. The predicted octanol–water partition coefficient (Wildman–Crippen LogP) is 4.07. The van der Waals surface area contributed by atoms with E-state index in [1.165, 1.54) is 0 Å². The molecule has 2 heteroatoms. The van der Waals surface area contributed by atoms with Gasteiger partial charge in [0.05, 0.1) is 11.6 Å². The summed E-state index contributed by atoms with van der Waals surface area (Å²) in [7, 11) is 0. The van der Waals surface area contributed by atoms with Gasteiger partial charge in [-0.25, -0.2) is 0 Å². The summed E-state index contributed by atoms with van der Waals surface area (Å²) in [4.78, 5) is 12.2. The molecule has 2 nitrogen and oxygen atoms in total. The Labute approximate surface area is 119 Å². The largest absolute Gasteiger partial charge is 0.289 e. The average Bonchev–Trinajstić information content (AvgIpc) is 2.47. The van der Waals surface area contributed by atoms with Crippen LogP contribution in [0.25, 0.3) is 6.08 Å². The van der Waals surface area contributed by atoms with Crippen LogP contribution in [-0.2, 0) is 0 Å². The number of ketones is 1. The Morgan fingerprint density at radius 1 is 1.10 bits per heavy atom. The van der Waals surface area contributed by atoms with Crippen molar-refractivity contribution in [1.29, 1.82) is 5.26 Å². The van der Waals surface area contributed by atoms with E-state index in [-0.39, 0.29) is 5.78 Å². The van der Waals surface area contributed by atoms with Gasteiger partial charge in [-0.2, -0.15) is 5.26 Å². The third kappa shape index (κ3) is 3.21. The standard InChI is InChI=1S/C18H15NO/c1-13-3-4-14(2)17(11-13)18(20)10-9-15-5-7-16(12-19)8-6-15/h3-11H,1-2H3/b10-9+. The summed E-state index contributed by atoms with van der Waals surface area (Å²) < 4.78 is 0. The molecule has 0 aromatic heterocycles. The molecule has 20 heavy (non-hydrogen) atoms. The third-order valence-electron chi connectivity index (χ3n) is 3.13. The molecule has 0 aliphatic rings. The summed E-state index contributed by atoms with van der Waals surface area (Å²) in [6.07, 6.45) is 3.34. The lowest BCUT2D eigenvalue weighted by Crippen LogP contribution is -1.98. The summed E-state index contributed by atoms with van der Waals surface area (Å²) in [6.45, 7) is 3.91. The molecule has 0 unspecified atom stereocenters. The molecular weight excluding hydrogens is 246 g/mol. The first-order valence-electron chi connectivity index (χ1n) is 6.40. The summed E-state index contributed by atoms with van der Waals surface area (Å²) in [5.74, 6) is -0.00411. The number of carbonyl (C=O) groups is 1. The molecule has 0 aliphatic carbocycles. The second-order valence-corrected chi connectivity index (χ2v) is 4.75. The molecule has 0 aliphatic heterocycles. The molecule has 0 atom stereocenters. The Hall–Kier alpha value is -2.66. The van der Waals surface area contributed by atoms with Gasteiger partial charge < -0.3 is 0 Å². The zero-order valence-corrected chi connectivity index (χ0v) is 11.6. The quantitative estimate of drug-likeness (QED) is 0.617. The van der Waals surface area contributed by atoms with Gasteiger partial charge in [0.2, 0.25) is 0 Å². The van der Waals surface area contributed by atoms with E-state index in [1.54, 1.807) is 24.3 Å². The van der Waals surface area contributed by atoms with Gasteiger partial charge in [-0.3, -0.25) is 4.79 Å². The van der Waals surface area contributed by atoms with E-state index >= 15 is 0 Å². The Bertz CT molecular complexity index is 703. The summed E-state index contributed by atoms with van der Waals surface area (Å²) in [5.41, 5.74) is 4.30. The van der Waals surface area contributed by atoms with E-state index in [4.69, 9.17) is 5.26 Å². The molecule has 0 saturated heterocycles. The monoisotopic (exact) mass is 261 g/mol. The van der Waals surface area contributed by atoms with Crippen molar-refractivity contribution in [2.75, 3.05) is 0 Å². The van der Waals surface area contributed by atoms with E-state index in [0.29, 0.717) is 5.56 Å². The number of nitriles is 1. The Balaban J connectivity index is 2.20. The lowest BCUT2D eigenvalue weighted by Gasteiger charge is -2.03. The van der Waals surface area contributed by atoms with Gasteiger partial charge >= 0.3 is 0 Å².